The summed E-state index contributed by atoms with van der Waals surface area (Å²) in [4.78, 5) is 21.4. The van der Waals surface area contributed by atoms with Gasteiger partial charge in [-0.3, -0.25) is 4.79 Å². The molecule has 4 rings (SSSR count). The van der Waals surface area contributed by atoms with Crippen molar-refractivity contribution in [1.29, 1.82) is 0 Å². The predicted octanol–water partition coefficient (Wildman–Crippen LogP) is 3.26. The topological polar surface area (TPSA) is 60.9 Å². The molecule has 0 spiro atoms. The molecule has 0 bridgehead atoms. The highest BCUT2D eigenvalue weighted by atomic mass is 16.5. The molecule has 0 aromatic carbocycles. The second-order valence-electron chi connectivity index (χ2n) is 6.16. The fourth-order valence-electron chi connectivity index (χ4n) is 3.21. The third kappa shape index (κ3) is 2.94. The van der Waals surface area contributed by atoms with Gasteiger partial charge in [-0.25, -0.2) is 9.97 Å². The number of fused-ring (bicyclic) bond motifs is 2. The molecule has 4 aromatic rings. The molecule has 0 N–H and O–H groups in total. The molecule has 1 atom stereocenters. The molecule has 0 radical (unpaired) electrons. The van der Waals surface area contributed by atoms with Crippen molar-refractivity contribution in [1.82, 2.24) is 18.8 Å². The minimum Gasteiger partial charge on any atom is -0.465 e. The van der Waals surface area contributed by atoms with Crippen LogP contribution in [0.1, 0.15) is 30.9 Å². The van der Waals surface area contributed by atoms with Gasteiger partial charge in [0.2, 0.25) is 0 Å². The first kappa shape index (κ1) is 16.3. The maximum absolute atomic E-state index is 12.6. The van der Waals surface area contributed by atoms with Crippen molar-refractivity contribution in [3.8, 4) is 0 Å². The molecule has 0 saturated heterocycles. The summed E-state index contributed by atoms with van der Waals surface area (Å²) >= 11 is 0. The van der Waals surface area contributed by atoms with Crippen LogP contribution in [0, 0.1) is 0 Å². The maximum Gasteiger partial charge on any atom is 0.316 e. The lowest BCUT2D eigenvalue weighted by Gasteiger charge is -2.13. The van der Waals surface area contributed by atoms with E-state index in [1.165, 1.54) is 0 Å². The van der Waals surface area contributed by atoms with E-state index in [-0.39, 0.29) is 11.9 Å². The van der Waals surface area contributed by atoms with Crippen LogP contribution >= 0.6 is 0 Å². The first-order valence-electron chi connectivity index (χ1n) is 8.77. The number of nitrogens with zero attached hydrogens (tertiary/aromatic N) is 4. The number of pyridine rings is 2. The van der Waals surface area contributed by atoms with Gasteiger partial charge in [-0.15, -0.1) is 0 Å². The molecular weight excluding hydrogens is 328 g/mol. The van der Waals surface area contributed by atoms with E-state index in [1.54, 1.807) is 6.20 Å². The first-order valence-corrected chi connectivity index (χ1v) is 8.77. The van der Waals surface area contributed by atoms with Crippen LogP contribution in [0.3, 0.4) is 0 Å². The summed E-state index contributed by atoms with van der Waals surface area (Å²) in [6.07, 6.45) is 8.70. The Bertz CT molecular complexity index is 1050. The van der Waals surface area contributed by atoms with Crippen LogP contribution in [-0.4, -0.2) is 31.3 Å². The van der Waals surface area contributed by atoms with E-state index >= 15 is 0 Å². The lowest BCUT2D eigenvalue weighted by molar-refractivity contribution is -0.145. The van der Waals surface area contributed by atoms with Gasteiger partial charge in [0.05, 0.1) is 30.0 Å². The molecule has 0 fully saturated rings. The van der Waals surface area contributed by atoms with Crippen LogP contribution in [0.5, 0.6) is 0 Å². The normalized spacial score (nSPS) is 12.5. The minimum atomic E-state index is -0.378. The number of hydrogen-bond donors (Lipinski definition) is 0. The van der Waals surface area contributed by atoms with Crippen LogP contribution in [0.15, 0.2) is 61.2 Å². The molecule has 0 aliphatic carbocycles. The second-order valence-corrected chi connectivity index (χ2v) is 6.16. The molecule has 6 nitrogen and oxygen atoms in total. The number of rotatable bonds is 6. The van der Waals surface area contributed by atoms with E-state index < -0.39 is 0 Å². The molecule has 1 unspecified atom stereocenters. The molecule has 0 amide bonds. The molecule has 0 saturated carbocycles. The van der Waals surface area contributed by atoms with Crippen molar-refractivity contribution >= 4 is 17.0 Å². The molecule has 4 aromatic heterocycles. The number of esters is 1. The maximum atomic E-state index is 12.6. The van der Waals surface area contributed by atoms with Crippen molar-refractivity contribution in [2.45, 2.75) is 25.7 Å². The number of aromatic nitrogens is 4. The average Bonchev–Trinajstić information content (AvgIpc) is 3.28. The summed E-state index contributed by atoms with van der Waals surface area (Å²) in [5.74, 6) is 0.980. The number of carbonyl (C=O) groups is 1. The van der Waals surface area contributed by atoms with Crippen LogP contribution in [0.4, 0.5) is 0 Å². The zero-order chi connectivity index (χ0) is 17.9. The van der Waals surface area contributed by atoms with Gasteiger partial charge in [0, 0.05) is 18.8 Å². The Labute approximate surface area is 151 Å². The predicted molar refractivity (Wildman–Crippen MR) is 98.1 cm³/mol. The van der Waals surface area contributed by atoms with Crippen molar-refractivity contribution in [2.24, 2.45) is 0 Å². The minimum absolute atomic E-state index is 0.246. The van der Waals surface area contributed by atoms with E-state index in [4.69, 9.17) is 4.74 Å². The Morgan fingerprint density at radius 1 is 1.04 bits per heavy atom. The fraction of sp³-hybridized carbons (Fsp3) is 0.250. The molecule has 26 heavy (non-hydrogen) atoms. The standard InChI is InChI=1S/C20H20N4O2/c1-2-17(19-22-14-16-8-4-6-11-24(16)19)20(25)26-12-9-18-21-13-15-7-3-5-10-23(15)18/h3-8,10-11,13-14,17H,2,9,12H2,1H3. The summed E-state index contributed by atoms with van der Waals surface area (Å²) in [6, 6.07) is 11.8. The SMILES string of the molecule is CCC(C(=O)OCCc1ncc2ccccn12)c1ncc2ccccn12. The van der Waals surface area contributed by atoms with E-state index in [1.807, 2.05) is 70.7 Å². The van der Waals surface area contributed by atoms with Gasteiger partial charge < -0.3 is 13.5 Å². The third-order valence-electron chi connectivity index (χ3n) is 4.56. The molecule has 0 aliphatic rings. The zero-order valence-electron chi connectivity index (χ0n) is 14.6. The Kier molecular flexibility index (Phi) is 4.39. The Morgan fingerprint density at radius 3 is 2.50 bits per heavy atom. The van der Waals surface area contributed by atoms with Crippen LogP contribution in [0.2, 0.25) is 0 Å². The van der Waals surface area contributed by atoms with E-state index in [2.05, 4.69) is 9.97 Å². The molecule has 132 valence electrons. The van der Waals surface area contributed by atoms with Gasteiger partial charge in [-0.1, -0.05) is 19.1 Å². The van der Waals surface area contributed by atoms with Crippen molar-refractivity contribution < 1.29 is 9.53 Å². The quantitative estimate of drug-likeness (QED) is 0.502. The second kappa shape index (κ2) is 7.00. The van der Waals surface area contributed by atoms with Crippen molar-refractivity contribution in [2.75, 3.05) is 6.61 Å². The van der Waals surface area contributed by atoms with Gasteiger partial charge in [-0.2, -0.15) is 0 Å². The summed E-state index contributed by atoms with van der Waals surface area (Å²) in [7, 11) is 0. The monoisotopic (exact) mass is 348 g/mol. The third-order valence-corrected chi connectivity index (χ3v) is 4.56. The van der Waals surface area contributed by atoms with Gasteiger partial charge in [-0.05, 0) is 30.7 Å². The van der Waals surface area contributed by atoms with Gasteiger partial charge in [0.25, 0.3) is 0 Å². The van der Waals surface area contributed by atoms with E-state index in [0.717, 1.165) is 22.7 Å². The number of carbonyl (C=O) groups excluding carboxylic acids is 1. The molecular formula is C20H20N4O2. The number of imidazole rings is 2. The van der Waals surface area contributed by atoms with Gasteiger partial charge >= 0.3 is 5.97 Å². The molecule has 4 heterocycles. The highest BCUT2D eigenvalue weighted by Gasteiger charge is 2.24. The smallest absolute Gasteiger partial charge is 0.316 e. The Morgan fingerprint density at radius 2 is 1.73 bits per heavy atom. The molecule has 6 heteroatoms. The van der Waals surface area contributed by atoms with Gasteiger partial charge in [0.1, 0.15) is 17.6 Å². The molecule has 0 aliphatic heterocycles. The Balaban J connectivity index is 1.45. The highest BCUT2D eigenvalue weighted by Crippen LogP contribution is 2.21. The zero-order valence-corrected chi connectivity index (χ0v) is 14.6. The lowest BCUT2D eigenvalue weighted by Crippen LogP contribution is -2.19. The number of ether oxygens (including phenoxy) is 1. The van der Waals surface area contributed by atoms with Crippen molar-refractivity contribution in [3.05, 3.63) is 72.8 Å². The average molecular weight is 348 g/mol. The van der Waals surface area contributed by atoms with Crippen LogP contribution < -0.4 is 0 Å². The van der Waals surface area contributed by atoms with Crippen molar-refractivity contribution in [3.63, 3.8) is 0 Å². The first-order chi connectivity index (χ1) is 12.8. The summed E-state index contributed by atoms with van der Waals surface area (Å²) in [5, 5.41) is 0. The summed E-state index contributed by atoms with van der Waals surface area (Å²) < 4.78 is 9.49. The summed E-state index contributed by atoms with van der Waals surface area (Å²) in [5.41, 5.74) is 2.00. The largest absolute Gasteiger partial charge is 0.465 e. The van der Waals surface area contributed by atoms with E-state index in [9.17, 15) is 4.79 Å². The van der Waals surface area contributed by atoms with Crippen LogP contribution in [0.25, 0.3) is 11.0 Å². The van der Waals surface area contributed by atoms with E-state index in [0.29, 0.717) is 19.4 Å². The number of hydrogen-bond acceptors (Lipinski definition) is 4. The fourth-order valence-corrected chi connectivity index (χ4v) is 3.21. The lowest BCUT2D eigenvalue weighted by atomic mass is 10.1. The van der Waals surface area contributed by atoms with Gasteiger partial charge in [0.15, 0.2) is 0 Å². The summed E-state index contributed by atoms with van der Waals surface area (Å²) in [6.45, 7) is 2.27. The highest BCUT2D eigenvalue weighted by molar-refractivity contribution is 5.77. The Hall–Kier alpha value is -3.15. The van der Waals surface area contributed by atoms with Crippen LogP contribution in [-0.2, 0) is 16.0 Å².